The second kappa shape index (κ2) is 9.99. The Kier molecular flexibility index (Phi) is 9.98. The molecule has 0 aliphatic heterocycles. The summed E-state index contributed by atoms with van der Waals surface area (Å²) in [5.41, 5.74) is 1.55. The van der Waals surface area contributed by atoms with Crippen LogP contribution in [0.15, 0.2) is 11.6 Å². The molecule has 0 fully saturated rings. The van der Waals surface area contributed by atoms with Crippen LogP contribution >= 0.6 is 11.6 Å². The fraction of sp³-hybridized carbons (Fsp3) is 0.778. The molecule has 0 bridgehead atoms. The van der Waals surface area contributed by atoms with Crippen molar-refractivity contribution >= 4 is 11.6 Å². The first-order valence-corrected chi connectivity index (χ1v) is 4.81. The zero-order chi connectivity index (χ0) is 8.36. The van der Waals surface area contributed by atoms with E-state index in [4.69, 9.17) is 11.6 Å². The van der Waals surface area contributed by atoms with E-state index in [-0.39, 0.29) is 0 Å². The Morgan fingerprint density at radius 2 is 2.09 bits per heavy atom. The van der Waals surface area contributed by atoms with E-state index in [0.29, 0.717) is 0 Å². The van der Waals surface area contributed by atoms with Crippen LogP contribution in [0.3, 0.4) is 0 Å². The van der Waals surface area contributed by atoms with Crippen LogP contribution in [0.25, 0.3) is 0 Å². The standard InChI is InChI=1S/C9H18ClN/c1-2-3-4-5-8-11-9-6-7-10/h6-7,11H,2-5,8-9H2,1H3/b7-6+. The van der Waals surface area contributed by atoms with E-state index in [9.17, 15) is 0 Å². The number of hydrogen-bond acceptors (Lipinski definition) is 1. The topological polar surface area (TPSA) is 12.0 Å². The normalized spacial score (nSPS) is 11.1. The van der Waals surface area contributed by atoms with Crippen molar-refractivity contribution in [3.8, 4) is 0 Å². The molecule has 0 saturated heterocycles. The maximum Gasteiger partial charge on any atom is 0.0146 e. The van der Waals surface area contributed by atoms with Gasteiger partial charge in [-0.2, -0.15) is 0 Å². The first-order chi connectivity index (χ1) is 5.41. The summed E-state index contributed by atoms with van der Waals surface area (Å²) in [5, 5.41) is 3.27. The van der Waals surface area contributed by atoms with Crippen LogP contribution < -0.4 is 5.32 Å². The number of halogens is 1. The van der Waals surface area contributed by atoms with Crippen molar-refractivity contribution in [1.29, 1.82) is 0 Å². The van der Waals surface area contributed by atoms with Crippen molar-refractivity contribution in [1.82, 2.24) is 5.32 Å². The quantitative estimate of drug-likeness (QED) is 0.587. The smallest absolute Gasteiger partial charge is 0.0146 e. The van der Waals surface area contributed by atoms with Crippen molar-refractivity contribution in [3.05, 3.63) is 11.6 Å². The lowest BCUT2D eigenvalue weighted by molar-refractivity contribution is 0.620. The Hall–Kier alpha value is -0.0100. The number of nitrogens with one attached hydrogen (secondary N) is 1. The average molecular weight is 176 g/mol. The van der Waals surface area contributed by atoms with E-state index in [1.165, 1.54) is 25.7 Å². The molecule has 11 heavy (non-hydrogen) atoms. The van der Waals surface area contributed by atoms with Gasteiger partial charge in [-0.05, 0) is 13.0 Å². The fourth-order valence-electron chi connectivity index (χ4n) is 0.907. The lowest BCUT2D eigenvalue weighted by atomic mass is 10.2. The summed E-state index contributed by atoms with van der Waals surface area (Å²) >= 11 is 5.34. The third kappa shape index (κ3) is 9.99. The Labute approximate surface area is 74.8 Å². The molecule has 0 amide bonds. The molecule has 0 radical (unpaired) electrons. The van der Waals surface area contributed by atoms with E-state index in [1.807, 2.05) is 6.08 Å². The molecule has 0 unspecified atom stereocenters. The Balaban J connectivity index is 2.79. The van der Waals surface area contributed by atoms with Crippen LogP contribution in [0.2, 0.25) is 0 Å². The molecule has 0 spiro atoms. The highest BCUT2D eigenvalue weighted by Crippen LogP contribution is 1.96. The van der Waals surface area contributed by atoms with Gasteiger partial charge in [0.2, 0.25) is 0 Å². The van der Waals surface area contributed by atoms with Crippen molar-refractivity contribution in [3.63, 3.8) is 0 Å². The first kappa shape index (κ1) is 11.0. The van der Waals surface area contributed by atoms with Crippen LogP contribution in [0, 0.1) is 0 Å². The molecule has 0 rings (SSSR count). The Bertz CT molecular complexity index is 91.6. The molecule has 0 aromatic carbocycles. The van der Waals surface area contributed by atoms with E-state index in [0.717, 1.165) is 13.1 Å². The minimum absolute atomic E-state index is 0.898. The van der Waals surface area contributed by atoms with Gasteiger partial charge in [0.05, 0.1) is 0 Å². The van der Waals surface area contributed by atoms with E-state index >= 15 is 0 Å². The molecule has 0 aromatic rings. The first-order valence-electron chi connectivity index (χ1n) is 4.37. The van der Waals surface area contributed by atoms with Crippen molar-refractivity contribution in [2.45, 2.75) is 32.6 Å². The summed E-state index contributed by atoms with van der Waals surface area (Å²) in [6.45, 7) is 4.24. The second-order valence-electron chi connectivity index (χ2n) is 2.63. The average Bonchev–Trinajstić information content (AvgIpc) is 2.03. The molecule has 0 aliphatic carbocycles. The summed E-state index contributed by atoms with van der Waals surface area (Å²) in [4.78, 5) is 0. The summed E-state index contributed by atoms with van der Waals surface area (Å²) < 4.78 is 0. The molecule has 0 aromatic heterocycles. The van der Waals surface area contributed by atoms with Crippen LogP contribution in [-0.2, 0) is 0 Å². The van der Waals surface area contributed by atoms with Gasteiger partial charge in [0, 0.05) is 12.1 Å². The van der Waals surface area contributed by atoms with Gasteiger partial charge >= 0.3 is 0 Å². The predicted octanol–water partition coefficient (Wildman–Crippen LogP) is 2.91. The molecule has 0 heterocycles. The summed E-state index contributed by atoms with van der Waals surface area (Å²) in [6, 6.07) is 0. The van der Waals surface area contributed by atoms with Crippen molar-refractivity contribution < 1.29 is 0 Å². The van der Waals surface area contributed by atoms with Gasteiger partial charge < -0.3 is 5.32 Å². The molecule has 66 valence electrons. The number of hydrogen-bond donors (Lipinski definition) is 1. The lowest BCUT2D eigenvalue weighted by Gasteiger charge is -1.99. The SMILES string of the molecule is CCCCCCNC/C=C/Cl. The minimum atomic E-state index is 0.898. The lowest BCUT2D eigenvalue weighted by Crippen LogP contribution is -2.14. The summed E-state index contributed by atoms with van der Waals surface area (Å²) in [6.07, 6.45) is 7.20. The largest absolute Gasteiger partial charge is 0.313 e. The molecule has 1 nitrogen and oxygen atoms in total. The third-order valence-corrected chi connectivity index (χ3v) is 1.74. The van der Waals surface area contributed by atoms with Crippen LogP contribution in [0.5, 0.6) is 0 Å². The van der Waals surface area contributed by atoms with Crippen LogP contribution in [0.1, 0.15) is 32.6 Å². The maximum atomic E-state index is 5.34. The van der Waals surface area contributed by atoms with Gasteiger partial charge in [-0.1, -0.05) is 43.9 Å². The molecule has 1 N–H and O–H groups in total. The predicted molar refractivity (Wildman–Crippen MR) is 52.0 cm³/mol. The second-order valence-corrected chi connectivity index (χ2v) is 2.88. The van der Waals surface area contributed by atoms with Gasteiger partial charge in [-0.25, -0.2) is 0 Å². The highest BCUT2D eigenvalue weighted by Gasteiger charge is 1.85. The van der Waals surface area contributed by atoms with Gasteiger partial charge in [-0.3, -0.25) is 0 Å². The molecule has 2 heteroatoms. The summed E-state index contributed by atoms with van der Waals surface area (Å²) in [5.74, 6) is 0. The highest BCUT2D eigenvalue weighted by molar-refractivity contribution is 6.25. The van der Waals surface area contributed by atoms with E-state index < -0.39 is 0 Å². The molecule has 0 atom stereocenters. The highest BCUT2D eigenvalue weighted by atomic mass is 35.5. The molecule has 0 aliphatic rings. The Morgan fingerprint density at radius 3 is 2.73 bits per heavy atom. The maximum absolute atomic E-state index is 5.34. The van der Waals surface area contributed by atoms with Crippen LogP contribution in [-0.4, -0.2) is 13.1 Å². The van der Waals surface area contributed by atoms with Crippen molar-refractivity contribution in [2.24, 2.45) is 0 Å². The fourth-order valence-corrected chi connectivity index (χ4v) is 0.996. The summed E-state index contributed by atoms with van der Waals surface area (Å²) in [7, 11) is 0. The van der Waals surface area contributed by atoms with Crippen molar-refractivity contribution in [2.75, 3.05) is 13.1 Å². The monoisotopic (exact) mass is 175 g/mol. The van der Waals surface area contributed by atoms with Gasteiger partial charge in [0.1, 0.15) is 0 Å². The number of rotatable bonds is 7. The molecule has 0 saturated carbocycles. The minimum Gasteiger partial charge on any atom is -0.313 e. The number of unbranched alkanes of at least 4 members (excludes halogenated alkanes) is 3. The molecular formula is C9H18ClN. The third-order valence-electron chi connectivity index (χ3n) is 1.56. The zero-order valence-electron chi connectivity index (χ0n) is 7.28. The van der Waals surface area contributed by atoms with Gasteiger partial charge in [-0.15, -0.1) is 0 Å². The van der Waals surface area contributed by atoms with E-state index in [2.05, 4.69) is 12.2 Å². The van der Waals surface area contributed by atoms with Crippen LogP contribution in [0.4, 0.5) is 0 Å². The Morgan fingerprint density at radius 1 is 1.27 bits per heavy atom. The molecular weight excluding hydrogens is 158 g/mol. The van der Waals surface area contributed by atoms with Gasteiger partial charge in [0.15, 0.2) is 0 Å². The van der Waals surface area contributed by atoms with Gasteiger partial charge in [0.25, 0.3) is 0 Å². The van der Waals surface area contributed by atoms with E-state index in [1.54, 1.807) is 5.54 Å². The zero-order valence-corrected chi connectivity index (χ0v) is 8.03.